The minimum Gasteiger partial charge on any atom is -0.329 e. The molecule has 0 bridgehead atoms. The fourth-order valence-corrected chi connectivity index (χ4v) is 3.75. The SMILES string of the molecule is CC(C)C1(C)CC1.Cc1cc(F)cc(N(C)c2nc3nncn3c3cc(Cl)ccc23)c1. The molecule has 1 aliphatic rings. The first kappa shape index (κ1) is 21.5. The van der Waals surface area contributed by atoms with Crippen molar-refractivity contribution in [2.24, 2.45) is 11.3 Å². The maximum atomic E-state index is 13.8. The second-order valence-corrected chi connectivity index (χ2v) is 9.39. The summed E-state index contributed by atoms with van der Waals surface area (Å²) in [6.45, 7) is 8.85. The van der Waals surface area contributed by atoms with Crippen molar-refractivity contribution in [1.82, 2.24) is 19.6 Å². The van der Waals surface area contributed by atoms with Crippen molar-refractivity contribution in [1.29, 1.82) is 0 Å². The fraction of sp³-hybridized carbons (Fsp3) is 0.375. The Labute approximate surface area is 186 Å². The molecule has 2 heterocycles. The van der Waals surface area contributed by atoms with Crippen molar-refractivity contribution >= 4 is 39.8 Å². The van der Waals surface area contributed by atoms with E-state index in [-0.39, 0.29) is 5.82 Å². The molecule has 0 radical (unpaired) electrons. The zero-order valence-electron chi connectivity index (χ0n) is 18.5. The summed E-state index contributed by atoms with van der Waals surface area (Å²) in [6.07, 6.45) is 4.52. The second-order valence-electron chi connectivity index (χ2n) is 8.95. The molecule has 0 aliphatic heterocycles. The zero-order chi connectivity index (χ0) is 22.3. The van der Waals surface area contributed by atoms with E-state index in [2.05, 4.69) is 36.0 Å². The number of halogens is 2. The maximum Gasteiger partial charge on any atom is 0.257 e. The van der Waals surface area contributed by atoms with Crippen LogP contribution >= 0.6 is 11.6 Å². The molecule has 0 amide bonds. The number of nitrogens with zero attached hydrogens (tertiary/aromatic N) is 5. The van der Waals surface area contributed by atoms with Crippen LogP contribution in [0.2, 0.25) is 5.02 Å². The second kappa shape index (κ2) is 8.08. The molecule has 0 N–H and O–H groups in total. The number of aryl methyl sites for hydroxylation is 1. The van der Waals surface area contributed by atoms with Gasteiger partial charge in [0, 0.05) is 23.1 Å². The van der Waals surface area contributed by atoms with Gasteiger partial charge in [-0.05, 0) is 73.1 Å². The number of benzene rings is 2. The van der Waals surface area contributed by atoms with E-state index in [1.165, 1.54) is 25.0 Å². The van der Waals surface area contributed by atoms with Crippen molar-refractivity contribution in [3.8, 4) is 0 Å². The van der Waals surface area contributed by atoms with Gasteiger partial charge in [0.1, 0.15) is 18.0 Å². The molecule has 5 nitrogen and oxygen atoms in total. The van der Waals surface area contributed by atoms with Crippen LogP contribution in [0.4, 0.5) is 15.9 Å². The molecular formula is C24H27ClFN5. The van der Waals surface area contributed by atoms with E-state index in [9.17, 15) is 4.39 Å². The lowest BCUT2D eigenvalue weighted by molar-refractivity contribution is 0.397. The smallest absolute Gasteiger partial charge is 0.257 e. The lowest BCUT2D eigenvalue weighted by atomic mass is 9.95. The lowest BCUT2D eigenvalue weighted by Crippen LogP contribution is -2.13. The highest BCUT2D eigenvalue weighted by molar-refractivity contribution is 6.31. The minimum atomic E-state index is -0.284. The Balaban J connectivity index is 0.000000282. The normalized spacial score (nSPS) is 14.6. The molecule has 4 aromatic rings. The zero-order valence-corrected chi connectivity index (χ0v) is 19.3. The van der Waals surface area contributed by atoms with Gasteiger partial charge in [-0.3, -0.25) is 4.40 Å². The summed E-state index contributed by atoms with van der Waals surface area (Å²) in [5.74, 6) is 1.74. The summed E-state index contributed by atoms with van der Waals surface area (Å²) in [7, 11) is 1.84. The van der Waals surface area contributed by atoms with Crippen LogP contribution in [0.1, 0.15) is 39.2 Å². The van der Waals surface area contributed by atoms with Crippen LogP contribution in [-0.4, -0.2) is 26.6 Å². The van der Waals surface area contributed by atoms with Gasteiger partial charge in [-0.1, -0.05) is 32.4 Å². The third kappa shape index (κ3) is 4.35. The van der Waals surface area contributed by atoms with Crippen LogP contribution in [0.5, 0.6) is 0 Å². The summed E-state index contributed by atoms with van der Waals surface area (Å²) < 4.78 is 15.6. The standard InChI is InChI=1S/C17H13ClFN5.C7H14/c1-10-5-12(19)8-13(6-10)23(2)16-14-4-3-11(18)7-15(14)24-9-20-22-17(24)21-16;1-6(2)7(3)4-5-7/h3-9H,1-2H3;6H,4-5H2,1-3H3. The van der Waals surface area contributed by atoms with Crippen molar-refractivity contribution in [3.05, 3.63) is 59.1 Å². The van der Waals surface area contributed by atoms with E-state index >= 15 is 0 Å². The first-order chi connectivity index (χ1) is 14.7. The summed E-state index contributed by atoms with van der Waals surface area (Å²) in [4.78, 5) is 6.41. The summed E-state index contributed by atoms with van der Waals surface area (Å²) in [6, 6.07) is 10.4. The maximum absolute atomic E-state index is 13.8. The molecule has 31 heavy (non-hydrogen) atoms. The number of rotatable bonds is 3. The van der Waals surface area contributed by atoms with Gasteiger partial charge in [-0.15, -0.1) is 10.2 Å². The van der Waals surface area contributed by atoms with Gasteiger partial charge in [0.2, 0.25) is 0 Å². The van der Waals surface area contributed by atoms with Crippen molar-refractivity contribution < 1.29 is 4.39 Å². The highest BCUT2D eigenvalue weighted by atomic mass is 35.5. The molecule has 1 fully saturated rings. The number of hydrogen-bond acceptors (Lipinski definition) is 4. The van der Waals surface area contributed by atoms with Gasteiger partial charge >= 0.3 is 0 Å². The Hall–Kier alpha value is -2.73. The van der Waals surface area contributed by atoms with Gasteiger partial charge in [0.15, 0.2) is 0 Å². The summed E-state index contributed by atoms with van der Waals surface area (Å²) >= 11 is 6.14. The van der Waals surface area contributed by atoms with E-state index in [0.29, 0.717) is 22.3 Å². The Morgan fingerprint density at radius 1 is 1.16 bits per heavy atom. The van der Waals surface area contributed by atoms with E-state index < -0.39 is 0 Å². The van der Waals surface area contributed by atoms with Crippen LogP contribution in [-0.2, 0) is 0 Å². The quantitative estimate of drug-likeness (QED) is 0.361. The number of aromatic nitrogens is 4. The molecule has 0 unspecified atom stereocenters. The molecule has 162 valence electrons. The molecule has 0 saturated heterocycles. The van der Waals surface area contributed by atoms with Gasteiger partial charge in [-0.25, -0.2) is 4.39 Å². The Morgan fingerprint density at radius 3 is 2.52 bits per heavy atom. The predicted molar refractivity (Wildman–Crippen MR) is 125 cm³/mol. The van der Waals surface area contributed by atoms with E-state index in [1.807, 2.05) is 37.1 Å². The van der Waals surface area contributed by atoms with Crippen molar-refractivity contribution in [2.75, 3.05) is 11.9 Å². The monoisotopic (exact) mass is 439 g/mol. The first-order valence-electron chi connectivity index (χ1n) is 10.5. The number of hydrogen-bond donors (Lipinski definition) is 0. The molecule has 1 aliphatic carbocycles. The molecule has 0 atom stereocenters. The molecule has 2 aromatic carbocycles. The number of fused-ring (bicyclic) bond motifs is 3. The Morgan fingerprint density at radius 2 is 1.90 bits per heavy atom. The third-order valence-electron chi connectivity index (χ3n) is 6.36. The van der Waals surface area contributed by atoms with Crippen molar-refractivity contribution in [2.45, 2.75) is 40.5 Å². The topological polar surface area (TPSA) is 46.3 Å². The molecule has 0 spiro atoms. The first-order valence-corrected chi connectivity index (χ1v) is 10.9. The van der Waals surface area contributed by atoms with Crippen LogP contribution in [0.25, 0.3) is 16.7 Å². The minimum absolute atomic E-state index is 0.284. The van der Waals surface area contributed by atoms with E-state index in [0.717, 1.165) is 27.8 Å². The molecule has 7 heteroatoms. The summed E-state index contributed by atoms with van der Waals surface area (Å²) in [5.41, 5.74) is 3.14. The van der Waals surface area contributed by atoms with Crippen molar-refractivity contribution in [3.63, 3.8) is 0 Å². The van der Waals surface area contributed by atoms with Crippen LogP contribution < -0.4 is 4.90 Å². The fourth-order valence-electron chi connectivity index (χ4n) is 3.59. The van der Waals surface area contributed by atoms with Gasteiger partial charge in [0.25, 0.3) is 5.78 Å². The predicted octanol–water partition coefficient (Wildman–Crippen LogP) is 6.59. The molecule has 2 aromatic heterocycles. The highest BCUT2D eigenvalue weighted by Gasteiger charge is 2.39. The lowest BCUT2D eigenvalue weighted by Gasteiger charge is -2.21. The molecule has 1 saturated carbocycles. The average Bonchev–Trinajstić information content (AvgIpc) is 3.29. The Kier molecular flexibility index (Phi) is 5.60. The average molecular weight is 440 g/mol. The van der Waals surface area contributed by atoms with E-state index in [1.54, 1.807) is 16.8 Å². The Bertz CT molecular complexity index is 1230. The van der Waals surface area contributed by atoms with E-state index in [4.69, 9.17) is 11.6 Å². The largest absolute Gasteiger partial charge is 0.329 e. The van der Waals surface area contributed by atoms with Crippen LogP contribution in [0, 0.1) is 24.1 Å². The van der Waals surface area contributed by atoms with Gasteiger partial charge in [0.05, 0.1) is 5.52 Å². The number of anilines is 2. The third-order valence-corrected chi connectivity index (χ3v) is 6.60. The summed E-state index contributed by atoms with van der Waals surface area (Å²) in [5, 5.41) is 9.42. The van der Waals surface area contributed by atoms with Gasteiger partial charge < -0.3 is 4.90 Å². The highest BCUT2D eigenvalue weighted by Crippen LogP contribution is 2.50. The molecule has 5 rings (SSSR count). The van der Waals surface area contributed by atoms with Crippen LogP contribution in [0.3, 0.4) is 0 Å². The van der Waals surface area contributed by atoms with Crippen LogP contribution in [0.15, 0.2) is 42.7 Å². The molecular weight excluding hydrogens is 413 g/mol. The van der Waals surface area contributed by atoms with Gasteiger partial charge in [-0.2, -0.15) is 4.98 Å².